The van der Waals surface area contributed by atoms with Crippen LogP contribution in [-0.4, -0.2) is 31.8 Å². The molecule has 1 aromatic rings. The van der Waals surface area contributed by atoms with E-state index in [1.807, 2.05) is 6.92 Å². The number of carbonyl (C=O) groups is 1. The van der Waals surface area contributed by atoms with E-state index in [4.69, 9.17) is 9.47 Å². The number of rotatable bonds is 3. The van der Waals surface area contributed by atoms with Crippen molar-refractivity contribution in [1.29, 1.82) is 0 Å². The molecule has 1 N–H and O–H groups in total. The molecule has 2 aliphatic rings. The maximum Gasteiger partial charge on any atom is 0.226 e. The fraction of sp³-hybridized carbons (Fsp3) is 0.611. The second-order valence-electron chi connectivity index (χ2n) is 6.63. The SMILES string of the molecule is CC1OCCCC1C(=O)NC1(c2ccc(F)cc2F)CCOCC1. The normalized spacial score (nSPS) is 26.8. The van der Waals surface area contributed by atoms with E-state index in [1.54, 1.807) is 0 Å². The summed E-state index contributed by atoms with van der Waals surface area (Å²) in [6.45, 7) is 3.40. The fourth-order valence-corrected chi connectivity index (χ4v) is 3.66. The molecule has 24 heavy (non-hydrogen) atoms. The molecule has 3 rings (SSSR count). The number of halogens is 2. The number of hydrogen-bond acceptors (Lipinski definition) is 3. The molecular weight excluding hydrogens is 316 g/mol. The minimum absolute atomic E-state index is 0.132. The Morgan fingerprint density at radius 1 is 1.25 bits per heavy atom. The van der Waals surface area contributed by atoms with Gasteiger partial charge in [0.1, 0.15) is 11.6 Å². The summed E-state index contributed by atoms with van der Waals surface area (Å²) in [7, 11) is 0. The highest BCUT2D eigenvalue weighted by atomic mass is 19.1. The molecule has 2 fully saturated rings. The van der Waals surface area contributed by atoms with Gasteiger partial charge in [-0.1, -0.05) is 6.07 Å². The quantitative estimate of drug-likeness (QED) is 0.921. The summed E-state index contributed by atoms with van der Waals surface area (Å²) < 4.78 is 38.6. The number of amides is 1. The molecule has 0 spiro atoms. The molecule has 1 amide bonds. The number of benzene rings is 1. The molecule has 132 valence electrons. The number of ether oxygens (including phenoxy) is 2. The van der Waals surface area contributed by atoms with Crippen LogP contribution in [0.5, 0.6) is 0 Å². The molecule has 0 saturated carbocycles. The summed E-state index contributed by atoms with van der Waals surface area (Å²) in [6, 6.07) is 3.52. The molecule has 2 atom stereocenters. The van der Waals surface area contributed by atoms with Crippen LogP contribution >= 0.6 is 0 Å². The van der Waals surface area contributed by atoms with E-state index in [1.165, 1.54) is 12.1 Å². The van der Waals surface area contributed by atoms with Crippen LogP contribution in [0.3, 0.4) is 0 Å². The molecule has 0 aromatic heterocycles. The van der Waals surface area contributed by atoms with Gasteiger partial charge in [-0.25, -0.2) is 8.78 Å². The van der Waals surface area contributed by atoms with E-state index in [0.717, 1.165) is 18.9 Å². The van der Waals surface area contributed by atoms with Crippen molar-refractivity contribution < 1.29 is 23.0 Å². The van der Waals surface area contributed by atoms with Crippen LogP contribution in [0.1, 0.15) is 38.2 Å². The standard InChI is InChI=1S/C18H23F2NO3/c1-12-14(3-2-8-24-12)17(22)21-18(6-9-23-10-7-18)15-5-4-13(19)11-16(15)20/h4-5,11-12,14H,2-3,6-10H2,1H3,(H,21,22). The monoisotopic (exact) mass is 339 g/mol. The Kier molecular flexibility index (Phi) is 5.15. The zero-order chi connectivity index (χ0) is 17.2. The number of carbonyl (C=O) groups excluding carboxylic acids is 1. The highest BCUT2D eigenvalue weighted by Gasteiger charge is 2.40. The minimum atomic E-state index is -0.857. The maximum absolute atomic E-state index is 14.4. The highest BCUT2D eigenvalue weighted by Crippen LogP contribution is 2.35. The summed E-state index contributed by atoms with van der Waals surface area (Å²) in [4.78, 5) is 12.8. The Morgan fingerprint density at radius 3 is 2.67 bits per heavy atom. The average molecular weight is 339 g/mol. The van der Waals surface area contributed by atoms with Gasteiger partial charge in [0, 0.05) is 31.5 Å². The molecule has 6 heteroatoms. The molecule has 0 radical (unpaired) electrons. The largest absolute Gasteiger partial charge is 0.381 e. The van der Waals surface area contributed by atoms with Gasteiger partial charge in [-0.05, 0) is 38.7 Å². The number of nitrogens with one attached hydrogen (secondary N) is 1. The Labute approximate surface area is 140 Å². The second kappa shape index (κ2) is 7.15. The molecule has 2 saturated heterocycles. The zero-order valence-electron chi connectivity index (χ0n) is 13.8. The average Bonchev–Trinajstić information content (AvgIpc) is 2.55. The van der Waals surface area contributed by atoms with Crippen molar-refractivity contribution in [3.8, 4) is 0 Å². The lowest BCUT2D eigenvalue weighted by molar-refractivity contribution is -0.136. The first-order valence-corrected chi connectivity index (χ1v) is 8.49. The van der Waals surface area contributed by atoms with Crippen LogP contribution < -0.4 is 5.32 Å². The van der Waals surface area contributed by atoms with Crippen LogP contribution in [0.15, 0.2) is 18.2 Å². The zero-order valence-corrected chi connectivity index (χ0v) is 13.8. The van der Waals surface area contributed by atoms with Gasteiger partial charge in [-0.2, -0.15) is 0 Å². The maximum atomic E-state index is 14.4. The van der Waals surface area contributed by atoms with Crippen molar-refractivity contribution in [3.63, 3.8) is 0 Å². The van der Waals surface area contributed by atoms with Crippen LogP contribution in [-0.2, 0) is 19.8 Å². The minimum Gasteiger partial charge on any atom is -0.381 e. The summed E-state index contributed by atoms with van der Waals surface area (Å²) >= 11 is 0. The topological polar surface area (TPSA) is 47.6 Å². The van der Waals surface area contributed by atoms with E-state index in [0.29, 0.717) is 38.2 Å². The lowest BCUT2D eigenvalue weighted by Crippen LogP contribution is -2.53. The Balaban J connectivity index is 1.87. The van der Waals surface area contributed by atoms with Gasteiger partial charge in [0.05, 0.1) is 17.6 Å². The molecule has 2 heterocycles. The van der Waals surface area contributed by atoms with Gasteiger partial charge in [0.25, 0.3) is 0 Å². The summed E-state index contributed by atoms with van der Waals surface area (Å²) in [5.41, 5.74) is -0.533. The van der Waals surface area contributed by atoms with Crippen molar-refractivity contribution in [1.82, 2.24) is 5.32 Å². The van der Waals surface area contributed by atoms with Crippen LogP contribution in [0.25, 0.3) is 0 Å². The third-order valence-electron chi connectivity index (χ3n) is 5.10. The predicted octanol–water partition coefficient (Wildman–Crippen LogP) is 2.90. The first kappa shape index (κ1) is 17.3. The third kappa shape index (κ3) is 3.44. The van der Waals surface area contributed by atoms with Gasteiger partial charge >= 0.3 is 0 Å². The molecule has 0 aliphatic carbocycles. The van der Waals surface area contributed by atoms with Gasteiger partial charge < -0.3 is 14.8 Å². The fourth-order valence-electron chi connectivity index (χ4n) is 3.66. The molecule has 1 aromatic carbocycles. The summed E-state index contributed by atoms with van der Waals surface area (Å²) in [5, 5.41) is 3.05. The van der Waals surface area contributed by atoms with Crippen LogP contribution in [0, 0.1) is 17.6 Å². The highest BCUT2D eigenvalue weighted by molar-refractivity contribution is 5.80. The third-order valence-corrected chi connectivity index (χ3v) is 5.10. The molecule has 0 bridgehead atoms. The molecule has 2 aliphatic heterocycles. The second-order valence-corrected chi connectivity index (χ2v) is 6.63. The van der Waals surface area contributed by atoms with Crippen molar-refractivity contribution in [3.05, 3.63) is 35.4 Å². The Morgan fingerprint density at radius 2 is 2.00 bits per heavy atom. The molecular formula is C18H23F2NO3. The summed E-state index contributed by atoms with van der Waals surface area (Å²) in [5.74, 6) is -1.64. The van der Waals surface area contributed by atoms with E-state index < -0.39 is 17.2 Å². The molecule has 4 nitrogen and oxygen atoms in total. The Hall–Kier alpha value is -1.53. The van der Waals surface area contributed by atoms with Crippen molar-refractivity contribution in [2.24, 2.45) is 5.92 Å². The van der Waals surface area contributed by atoms with E-state index in [2.05, 4.69) is 5.32 Å². The van der Waals surface area contributed by atoms with Gasteiger partial charge in [-0.15, -0.1) is 0 Å². The van der Waals surface area contributed by atoms with E-state index in [-0.39, 0.29) is 17.9 Å². The molecule has 2 unspecified atom stereocenters. The van der Waals surface area contributed by atoms with E-state index in [9.17, 15) is 13.6 Å². The smallest absolute Gasteiger partial charge is 0.226 e. The first-order chi connectivity index (χ1) is 11.5. The lowest BCUT2D eigenvalue weighted by atomic mass is 9.81. The van der Waals surface area contributed by atoms with Gasteiger partial charge in [-0.3, -0.25) is 4.79 Å². The van der Waals surface area contributed by atoms with E-state index >= 15 is 0 Å². The van der Waals surface area contributed by atoms with Crippen molar-refractivity contribution >= 4 is 5.91 Å². The van der Waals surface area contributed by atoms with Crippen LogP contribution in [0.2, 0.25) is 0 Å². The van der Waals surface area contributed by atoms with Crippen molar-refractivity contribution in [2.45, 2.75) is 44.2 Å². The lowest BCUT2D eigenvalue weighted by Gasteiger charge is -2.40. The Bertz CT molecular complexity index is 602. The summed E-state index contributed by atoms with van der Waals surface area (Å²) in [6.07, 6.45) is 2.36. The van der Waals surface area contributed by atoms with Gasteiger partial charge in [0.2, 0.25) is 5.91 Å². The predicted molar refractivity (Wildman–Crippen MR) is 84.4 cm³/mol. The van der Waals surface area contributed by atoms with Crippen LogP contribution in [0.4, 0.5) is 8.78 Å². The van der Waals surface area contributed by atoms with Gasteiger partial charge in [0.15, 0.2) is 0 Å². The van der Waals surface area contributed by atoms with Crippen molar-refractivity contribution in [2.75, 3.05) is 19.8 Å². The first-order valence-electron chi connectivity index (χ1n) is 8.49. The number of hydrogen-bond donors (Lipinski definition) is 1.